The summed E-state index contributed by atoms with van der Waals surface area (Å²) in [5.41, 5.74) is 0. The predicted octanol–water partition coefficient (Wildman–Crippen LogP) is 1.18. The highest BCUT2D eigenvalue weighted by Crippen LogP contribution is 2.33. The maximum Gasteiger partial charge on any atom is 0.393 e. The Labute approximate surface area is 139 Å². The molecule has 0 aromatic carbocycles. The second-order valence-electron chi connectivity index (χ2n) is 6.50. The number of alkyl halides is 3. The van der Waals surface area contributed by atoms with E-state index in [9.17, 15) is 22.8 Å². The van der Waals surface area contributed by atoms with E-state index in [0.717, 1.165) is 0 Å². The first-order chi connectivity index (χ1) is 11.3. The van der Waals surface area contributed by atoms with Crippen LogP contribution < -0.4 is 10.6 Å². The van der Waals surface area contributed by atoms with Gasteiger partial charge in [0.1, 0.15) is 0 Å². The zero-order valence-corrected chi connectivity index (χ0v) is 13.9. The van der Waals surface area contributed by atoms with Gasteiger partial charge in [-0.3, -0.25) is 9.69 Å². The fraction of sp³-hybridized carbons (Fsp3) is 0.867. The van der Waals surface area contributed by atoms with Gasteiger partial charge in [-0.05, 0) is 25.7 Å². The highest BCUT2D eigenvalue weighted by atomic mass is 19.4. The van der Waals surface area contributed by atoms with E-state index in [4.69, 9.17) is 0 Å². The number of nitrogens with one attached hydrogen (secondary N) is 2. The molecule has 2 aliphatic rings. The van der Waals surface area contributed by atoms with Crippen molar-refractivity contribution < 1.29 is 22.8 Å². The van der Waals surface area contributed by atoms with E-state index >= 15 is 0 Å². The summed E-state index contributed by atoms with van der Waals surface area (Å²) in [5.74, 6) is -1.48. The van der Waals surface area contributed by atoms with Gasteiger partial charge in [-0.25, -0.2) is 4.79 Å². The van der Waals surface area contributed by atoms with E-state index in [2.05, 4.69) is 10.6 Å². The molecule has 2 fully saturated rings. The molecule has 0 saturated carbocycles. The van der Waals surface area contributed by atoms with E-state index in [0.29, 0.717) is 45.4 Å². The minimum Gasteiger partial charge on any atom is -0.358 e. The lowest BCUT2D eigenvalue weighted by molar-refractivity contribution is -0.184. The van der Waals surface area contributed by atoms with Crippen LogP contribution in [0.15, 0.2) is 0 Å². The third kappa shape index (κ3) is 5.25. The maximum atomic E-state index is 12.8. The largest absolute Gasteiger partial charge is 0.393 e. The van der Waals surface area contributed by atoms with Crippen molar-refractivity contribution in [3.05, 3.63) is 0 Å². The molecule has 0 radical (unpaired) electrons. The van der Waals surface area contributed by atoms with Crippen LogP contribution in [0.5, 0.6) is 0 Å². The molecule has 1 atom stereocenters. The van der Waals surface area contributed by atoms with E-state index in [1.165, 1.54) is 4.90 Å². The number of rotatable bonds is 3. The Hall–Kier alpha value is -1.51. The van der Waals surface area contributed by atoms with Gasteiger partial charge in [-0.1, -0.05) is 0 Å². The third-order valence-corrected chi connectivity index (χ3v) is 4.73. The molecule has 138 valence electrons. The van der Waals surface area contributed by atoms with Crippen molar-refractivity contribution in [3.63, 3.8) is 0 Å². The lowest BCUT2D eigenvalue weighted by Crippen LogP contribution is -2.53. The average Bonchev–Trinajstić information content (AvgIpc) is 2.56. The number of halogens is 3. The van der Waals surface area contributed by atoms with Crippen LogP contribution in [0.4, 0.5) is 18.0 Å². The topological polar surface area (TPSA) is 64.7 Å². The number of carbonyl (C=O) groups is 2. The number of amides is 3. The second kappa shape index (κ2) is 8.04. The monoisotopic (exact) mass is 350 g/mol. The van der Waals surface area contributed by atoms with Crippen LogP contribution in [0.2, 0.25) is 0 Å². The zero-order chi connectivity index (χ0) is 17.7. The number of piperidine rings is 2. The van der Waals surface area contributed by atoms with Gasteiger partial charge < -0.3 is 15.5 Å². The molecule has 0 spiro atoms. The molecule has 0 aromatic rings. The van der Waals surface area contributed by atoms with Crippen molar-refractivity contribution >= 4 is 11.9 Å². The van der Waals surface area contributed by atoms with E-state index < -0.39 is 18.1 Å². The summed E-state index contributed by atoms with van der Waals surface area (Å²) in [4.78, 5) is 26.8. The summed E-state index contributed by atoms with van der Waals surface area (Å²) < 4.78 is 38.4. The minimum atomic E-state index is -4.25. The van der Waals surface area contributed by atoms with Gasteiger partial charge in [0.25, 0.3) is 0 Å². The van der Waals surface area contributed by atoms with Gasteiger partial charge in [-0.15, -0.1) is 0 Å². The van der Waals surface area contributed by atoms with Crippen LogP contribution in [0.3, 0.4) is 0 Å². The Balaban J connectivity index is 1.76. The third-order valence-electron chi connectivity index (χ3n) is 4.73. The van der Waals surface area contributed by atoms with Gasteiger partial charge in [-0.2, -0.15) is 13.2 Å². The van der Waals surface area contributed by atoms with Gasteiger partial charge in [0.05, 0.1) is 12.5 Å². The lowest BCUT2D eigenvalue weighted by atomic mass is 9.98. The molecular weight excluding hydrogens is 325 g/mol. The molecule has 9 heteroatoms. The normalized spacial score (nSPS) is 23.8. The van der Waals surface area contributed by atoms with Crippen molar-refractivity contribution in [2.75, 3.05) is 39.8 Å². The first-order valence-corrected chi connectivity index (χ1v) is 8.34. The molecule has 6 nitrogen and oxygen atoms in total. The number of hydrogen-bond acceptors (Lipinski definition) is 3. The Morgan fingerprint density at radius 3 is 2.38 bits per heavy atom. The number of urea groups is 1. The van der Waals surface area contributed by atoms with E-state index in [-0.39, 0.29) is 24.9 Å². The van der Waals surface area contributed by atoms with E-state index in [1.54, 1.807) is 7.05 Å². The SMILES string of the molecule is CNC(=O)CN1CCC(NC(=O)N2CCCC(C(F)(F)F)C2)CC1. The Morgan fingerprint density at radius 1 is 1.12 bits per heavy atom. The summed E-state index contributed by atoms with van der Waals surface area (Å²) in [7, 11) is 1.59. The van der Waals surface area contributed by atoms with Crippen LogP contribution in [0.1, 0.15) is 25.7 Å². The summed E-state index contributed by atoms with van der Waals surface area (Å²) in [6, 6.07) is -0.460. The number of carbonyl (C=O) groups excluding carboxylic acids is 2. The van der Waals surface area contributed by atoms with Crippen LogP contribution in [-0.4, -0.2) is 73.7 Å². The summed E-state index contributed by atoms with van der Waals surface area (Å²) in [6.07, 6.45) is -2.39. The van der Waals surface area contributed by atoms with Gasteiger partial charge >= 0.3 is 12.2 Å². The lowest BCUT2D eigenvalue weighted by Gasteiger charge is -2.36. The number of likely N-dealkylation sites (tertiary alicyclic amines) is 2. The maximum absolute atomic E-state index is 12.8. The quantitative estimate of drug-likeness (QED) is 0.803. The fourth-order valence-corrected chi connectivity index (χ4v) is 3.21. The first-order valence-electron chi connectivity index (χ1n) is 8.34. The van der Waals surface area contributed by atoms with Gasteiger partial charge in [0.2, 0.25) is 5.91 Å². The van der Waals surface area contributed by atoms with Crippen LogP contribution in [0, 0.1) is 5.92 Å². The van der Waals surface area contributed by atoms with Crippen LogP contribution in [-0.2, 0) is 4.79 Å². The zero-order valence-electron chi connectivity index (χ0n) is 13.9. The first kappa shape index (κ1) is 18.8. The van der Waals surface area contributed by atoms with Crippen LogP contribution in [0.25, 0.3) is 0 Å². The Bertz CT molecular complexity index is 450. The molecule has 0 aliphatic carbocycles. The van der Waals surface area contributed by atoms with Crippen molar-refractivity contribution in [2.45, 2.75) is 37.9 Å². The molecule has 3 amide bonds. The molecule has 2 N–H and O–H groups in total. The minimum absolute atomic E-state index is 0.0512. The number of nitrogens with zero attached hydrogens (tertiary/aromatic N) is 2. The second-order valence-corrected chi connectivity index (χ2v) is 6.50. The number of likely N-dealkylation sites (N-methyl/N-ethyl adjacent to an activating group) is 1. The smallest absolute Gasteiger partial charge is 0.358 e. The van der Waals surface area contributed by atoms with Crippen molar-refractivity contribution in [3.8, 4) is 0 Å². The van der Waals surface area contributed by atoms with Crippen molar-refractivity contribution in [1.29, 1.82) is 0 Å². The molecule has 2 heterocycles. The summed E-state index contributed by atoms with van der Waals surface area (Å²) >= 11 is 0. The molecule has 1 unspecified atom stereocenters. The van der Waals surface area contributed by atoms with Crippen molar-refractivity contribution in [2.24, 2.45) is 5.92 Å². The molecule has 2 saturated heterocycles. The highest BCUT2D eigenvalue weighted by Gasteiger charge is 2.42. The summed E-state index contributed by atoms with van der Waals surface area (Å²) in [5, 5.41) is 5.41. The molecule has 24 heavy (non-hydrogen) atoms. The Kier molecular flexibility index (Phi) is 6.31. The highest BCUT2D eigenvalue weighted by molar-refractivity contribution is 5.77. The van der Waals surface area contributed by atoms with Gasteiger partial charge in [0, 0.05) is 39.3 Å². The summed E-state index contributed by atoms with van der Waals surface area (Å²) in [6.45, 7) is 1.81. The van der Waals surface area contributed by atoms with E-state index in [1.807, 2.05) is 4.90 Å². The fourth-order valence-electron chi connectivity index (χ4n) is 3.21. The molecule has 2 rings (SSSR count). The molecule has 2 aliphatic heterocycles. The standard InChI is InChI=1S/C15H25F3N4O2/c1-19-13(23)10-21-7-4-12(5-8-21)20-14(24)22-6-2-3-11(9-22)15(16,17)18/h11-12H,2-10H2,1H3,(H,19,23)(H,20,24). The predicted molar refractivity (Wildman–Crippen MR) is 82.4 cm³/mol. The Morgan fingerprint density at radius 2 is 1.79 bits per heavy atom. The molecule has 0 aromatic heterocycles. The molecular formula is C15H25F3N4O2. The number of hydrogen-bond donors (Lipinski definition) is 2. The van der Waals surface area contributed by atoms with Crippen molar-refractivity contribution in [1.82, 2.24) is 20.4 Å². The van der Waals surface area contributed by atoms with Gasteiger partial charge in [0.15, 0.2) is 0 Å². The average molecular weight is 350 g/mol. The van der Waals surface area contributed by atoms with Crippen LogP contribution >= 0.6 is 0 Å². The molecule has 0 bridgehead atoms.